The Morgan fingerprint density at radius 1 is 1.40 bits per heavy atom. The monoisotopic (exact) mass is 311 g/mol. The highest BCUT2D eigenvalue weighted by molar-refractivity contribution is 7.09. The summed E-state index contributed by atoms with van der Waals surface area (Å²) >= 11 is 0.948. The standard InChI is InChI=1S/C11H16F3N3O2S/c1-3-8-16-9(20-17-8)15-7-10(18,11(12,13)14)5-6-19-4-2/h5-6,18H,3-4,7H2,1-2H3,(H,15,16,17)/b6-5+. The molecule has 0 aliphatic carbocycles. The van der Waals surface area contributed by atoms with Crippen molar-refractivity contribution in [3.05, 3.63) is 18.2 Å². The Morgan fingerprint density at radius 2 is 2.10 bits per heavy atom. The first-order valence-corrected chi connectivity index (χ1v) is 6.74. The van der Waals surface area contributed by atoms with E-state index < -0.39 is 18.3 Å². The van der Waals surface area contributed by atoms with Crippen LogP contribution in [0.5, 0.6) is 0 Å². The molecule has 0 aliphatic rings. The summed E-state index contributed by atoms with van der Waals surface area (Å²) in [6.45, 7) is 2.91. The third kappa shape index (κ3) is 4.34. The summed E-state index contributed by atoms with van der Waals surface area (Å²) < 4.78 is 47.3. The van der Waals surface area contributed by atoms with Crippen LogP contribution >= 0.6 is 11.5 Å². The Kier molecular flexibility index (Phi) is 5.75. The molecule has 1 heterocycles. The van der Waals surface area contributed by atoms with Gasteiger partial charge in [-0.15, -0.1) is 0 Å². The molecule has 0 aliphatic heterocycles. The number of halogens is 3. The minimum Gasteiger partial charge on any atom is -0.502 e. The number of hydrogen-bond donors (Lipinski definition) is 2. The van der Waals surface area contributed by atoms with Crippen molar-refractivity contribution in [2.24, 2.45) is 0 Å². The van der Waals surface area contributed by atoms with Gasteiger partial charge in [0.05, 0.1) is 19.4 Å². The zero-order chi connectivity index (χ0) is 15.2. The summed E-state index contributed by atoms with van der Waals surface area (Å²) in [5, 5.41) is 12.4. The maximum absolute atomic E-state index is 12.9. The normalized spacial score (nSPS) is 15.3. The van der Waals surface area contributed by atoms with Crippen molar-refractivity contribution < 1.29 is 23.0 Å². The van der Waals surface area contributed by atoms with Crippen molar-refractivity contribution in [2.45, 2.75) is 32.0 Å². The molecule has 0 saturated carbocycles. The van der Waals surface area contributed by atoms with Crippen molar-refractivity contribution in [2.75, 3.05) is 18.5 Å². The Hall–Kier alpha value is -1.35. The maximum atomic E-state index is 12.9. The number of rotatable bonds is 7. The number of anilines is 1. The molecule has 0 radical (unpaired) electrons. The summed E-state index contributed by atoms with van der Waals surface area (Å²) in [6.07, 6.45) is -2.82. The van der Waals surface area contributed by atoms with Crippen molar-refractivity contribution >= 4 is 16.7 Å². The second-order valence-corrected chi connectivity index (χ2v) is 4.65. The lowest BCUT2D eigenvalue weighted by Gasteiger charge is -2.27. The number of aliphatic hydroxyl groups is 1. The zero-order valence-electron chi connectivity index (χ0n) is 11.1. The zero-order valence-corrected chi connectivity index (χ0v) is 11.9. The molecular weight excluding hydrogens is 295 g/mol. The van der Waals surface area contributed by atoms with Gasteiger partial charge in [0.1, 0.15) is 5.82 Å². The van der Waals surface area contributed by atoms with Crippen LogP contribution in [0.1, 0.15) is 19.7 Å². The van der Waals surface area contributed by atoms with Crippen LogP contribution in [0, 0.1) is 0 Å². The van der Waals surface area contributed by atoms with E-state index in [1.54, 1.807) is 6.92 Å². The van der Waals surface area contributed by atoms with Gasteiger partial charge in [0.25, 0.3) is 0 Å². The van der Waals surface area contributed by atoms with Crippen molar-refractivity contribution in [1.29, 1.82) is 0 Å². The van der Waals surface area contributed by atoms with E-state index >= 15 is 0 Å². The second-order valence-electron chi connectivity index (χ2n) is 3.90. The number of nitrogens with zero attached hydrogens (tertiary/aromatic N) is 2. The van der Waals surface area contributed by atoms with Crippen LogP contribution in [0.2, 0.25) is 0 Å². The highest BCUT2D eigenvalue weighted by Gasteiger charge is 2.52. The van der Waals surface area contributed by atoms with Crippen molar-refractivity contribution in [3.8, 4) is 0 Å². The first-order valence-electron chi connectivity index (χ1n) is 5.97. The first kappa shape index (κ1) is 16.7. The topological polar surface area (TPSA) is 67.3 Å². The minimum absolute atomic E-state index is 0.216. The van der Waals surface area contributed by atoms with Gasteiger partial charge in [-0.05, 0) is 13.0 Å². The number of aryl methyl sites for hydroxylation is 1. The Morgan fingerprint density at radius 3 is 2.60 bits per heavy atom. The van der Waals surface area contributed by atoms with Crippen LogP contribution < -0.4 is 5.32 Å². The average molecular weight is 311 g/mol. The summed E-state index contributed by atoms with van der Waals surface area (Å²) in [5.41, 5.74) is -3.03. The first-order chi connectivity index (χ1) is 9.32. The van der Waals surface area contributed by atoms with E-state index in [-0.39, 0.29) is 11.7 Å². The molecule has 1 unspecified atom stereocenters. The minimum atomic E-state index is -4.83. The van der Waals surface area contributed by atoms with Gasteiger partial charge < -0.3 is 15.2 Å². The lowest BCUT2D eigenvalue weighted by atomic mass is 10.0. The molecule has 9 heteroatoms. The van der Waals surface area contributed by atoms with Gasteiger partial charge in [0, 0.05) is 18.0 Å². The highest BCUT2D eigenvalue weighted by atomic mass is 32.1. The SMILES string of the molecule is CCO/C=C/C(O)(CNc1nc(CC)ns1)C(F)(F)F. The van der Waals surface area contributed by atoms with Gasteiger partial charge in [0.2, 0.25) is 5.13 Å². The van der Waals surface area contributed by atoms with E-state index in [9.17, 15) is 18.3 Å². The fourth-order valence-electron chi connectivity index (χ4n) is 1.19. The van der Waals surface area contributed by atoms with Gasteiger partial charge in [-0.2, -0.15) is 17.5 Å². The highest BCUT2D eigenvalue weighted by Crippen LogP contribution is 2.32. The number of alkyl halides is 3. The molecular formula is C11H16F3N3O2S. The van der Waals surface area contributed by atoms with Crippen molar-refractivity contribution in [3.63, 3.8) is 0 Å². The lowest BCUT2D eigenvalue weighted by molar-refractivity contribution is -0.234. The molecule has 0 spiro atoms. The third-order valence-corrected chi connectivity index (χ3v) is 3.10. The fraction of sp³-hybridized carbons (Fsp3) is 0.636. The van der Waals surface area contributed by atoms with E-state index in [1.165, 1.54) is 0 Å². The smallest absolute Gasteiger partial charge is 0.422 e. The molecule has 114 valence electrons. The quantitative estimate of drug-likeness (QED) is 0.757. The summed E-state index contributed by atoms with van der Waals surface area (Å²) in [6, 6.07) is 0. The molecule has 0 aromatic carbocycles. The van der Waals surface area contributed by atoms with E-state index in [0.29, 0.717) is 18.3 Å². The predicted molar refractivity (Wildman–Crippen MR) is 69.5 cm³/mol. The fourth-order valence-corrected chi connectivity index (χ4v) is 1.83. The van der Waals surface area contributed by atoms with Crippen LogP contribution in [0.25, 0.3) is 0 Å². The summed E-state index contributed by atoms with van der Waals surface area (Å²) in [7, 11) is 0. The van der Waals surface area contributed by atoms with Crippen LogP contribution in [0.15, 0.2) is 12.3 Å². The lowest BCUT2D eigenvalue weighted by Crippen LogP contribution is -2.49. The van der Waals surface area contributed by atoms with Crippen LogP contribution in [0.4, 0.5) is 18.3 Å². The number of nitrogens with one attached hydrogen (secondary N) is 1. The van der Waals surface area contributed by atoms with Crippen LogP contribution in [-0.4, -0.2) is 39.4 Å². The molecule has 0 saturated heterocycles. The molecule has 5 nitrogen and oxygen atoms in total. The van der Waals surface area contributed by atoms with Gasteiger partial charge in [-0.25, -0.2) is 4.98 Å². The van der Waals surface area contributed by atoms with E-state index in [1.807, 2.05) is 6.92 Å². The van der Waals surface area contributed by atoms with Gasteiger partial charge in [-0.1, -0.05) is 6.92 Å². The van der Waals surface area contributed by atoms with Gasteiger partial charge in [-0.3, -0.25) is 0 Å². The Labute approximate surface area is 118 Å². The number of aromatic nitrogens is 2. The molecule has 20 heavy (non-hydrogen) atoms. The van der Waals surface area contributed by atoms with Gasteiger partial charge >= 0.3 is 6.18 Å². The molecule has 2 N–H and O–H groups in total. The Balaban J connectivity index is 2.74. The van der Waals surface area contributed by atoms with Gasteiger partial charge in [0.15, 0.2) is 5.60 Å². The third-order valence-electron chi connectivity index (χ3n) is 2.39. The Bertz CT molecular complexity index is 450. The predicted octanol–water partition coefficient (Wildman–Crippen LogP) is 2.36. The molecule has 1 aromatic heterocycles. The molecule has 0 fully saturated rings. The molecule has 0 amide bonds. The summed E-state index contributed by atoms with van der Waals surface area (Å²) in [4.78, 5) is 3.97. The number of ether oxygens (including phenoxy) is 1. The average Bonchev–Trinajstić information content (AvgIpc) is 2.83. The molecule has 1 atom stereocenters. The summed E-state index contributed by atoms with van der Waals surface area (Å²) in [5.74, 6) is 0.540. The maximum Gasteiger partial charge on any atom is 0.422 e. The van der Waals surface area contributed by atoms with Crippen LogP contribution in [-0.2, 0) is 11.2 Å². The molecule has 0 bridgehead atoms. The van der Waals surface area contributed by atoms with E-state index in [0.717, 1.165) is 17.8 Å². The molecule has 1 rings (SSSR count). The van der Waals surface area contributed by atoms with Crippen LogP contribution in [0.3, 0.4) is 0 Å². The largest absolute Gasteiger partial charge is 0.502 e. The van der Waals surface area contributed by atoms with E-state index in [4.69, 9.17) is 4.74 Å². The molecule has 1 aromatic rings. The van der Waals surface area contributed by atoms with E-state index in [2.05, 4.69) is 14.7 Å². The second kappa shape index (κ2) is 6.89. The van der Waals surface area contributed by atoms with Crippen molar-refractivity contribution in [1.82, 2.24) is 9.36 Å². The number of hydrogen-bond acceptors (Lipinski definition) is 6.